The predicted molar refractivity (Wildman–Crippen MR) is 124 cm³/mol. The van der Waals surface area contributed by atoms with Gasteiger partial charge in [0.15, 0.2) is 5.82 Å². The van der Waals surface area contributed by atoms with E-state index in [1.54, 1.807) is 12.4 Å². The fourth-order valence-corrected chi connectivity index (χ4v) is 4.42. The number of hydrogen-bond acceptors (Lipinski definition) is 6. The van der Waals surface area contributed by atoms with Crippen LogP contribution in [0.4, 0.5) is 5.82 Å². The van der Waals surface area contributed by atoms with Crippen LogP contribution in [0, 0.1) is 0 Å². The van der Waals surface area contributed by atoms with Gasteiger partial charge in [0.05, 0.1) is 11.2 Å². The van der Waals surface area contributed by atoms with Crippen LogP contribution >= 0.6 is 0 Å². The number of aromatic nitrogens is 4. The van der Waals surface area contributed by atoms with Gasteiger partial charge in [-0.2, -0.15) is 0 Å². The molecule has 1 aliphatic heterocycles. The Labute approximate surface area is 182 Å². The lowest BCUT2D eigenvalue weighted by molar-refractivity contribution is 0.199. The molecule has 1 atom stereocenters. The van der Waals surface area contributed by atoms with Gasteiger partial charge in [0, 0.05) is 61.7 Å². The van der Waals surface area contributed by atoms with Gasteiger partial charge in [-0.05, 0) is 49.2 Å². The highest BCUT2D eigenvalue weighted by Crippen LogP contribution is 2.30. The number of rotatable bonds is 5. The largest absolute Gasteiger partial charge is 0.373 e. The smallest absolute Gasteiger partial charge is 0.161 e. The molecular formula is C25H26N6. The van der Waals surface area contributed by atoms with Crippen molar-refractivity contribution in [3.63, 3.8) is 0 Å². The summed E-state index contributed by atoms with van der Waals surface area (Å²) in [5, 5.41) is 4.44. The monoisotopic (exact) mass is 410 g/mol. The molecule has 1 aliphatic rings. The first-order chi connectivity index (χ1) is 15.3. The van der Waals surface area contributed by atoms with Crippen molar-refractivity contribution in [2.24, 2.45) is 0 Å². The van der Waals surface area contributed by atoms with Gasteiger partial charge in [-0.25, -0.2) is 9.97 Å². The average molecular weight is 411 g/mol. The molecule has 6 heteroatoms. The first-order valence-corrected chi connectivity index (χ1v) is 10.8. The molecule has 31 heavy (non-hydrogen) atoms. The van der Waals surface area contributed by atoms with Gasteiger partial charge < -0.3 is 5.32 Å². The maximum Gasteiger partial charge on any atom is 0.161 e. The van der Waals surface area contributed by atoms with Gasteiger partial charge in [-0.15, -0.1) is 0 Å². The fourth-order valence-electron chi connectivity index (χ4n) is 4.42. The number of hydrogen-bond donors (Lipinski definition) is 1. The highest BCUT2D eigenvalue weighted by atomic mass is 15.1. The minimum absolute atomic E-state index is 0.387. The van der Waals surface area contributed by atoms with E-state index in [2.05, 4.69) is 55.5 Å². The maximum absolute atomic E-state index is 4.95. The highest BCUT2D eigenvalue weighted by molar-refractivity contribution is 5.81. The number of piperidine rings is 1. The van der Waals surface area contributed by atoms with E-state index in [4.69, 9.17) is 4.98 Å². The van der Waals surface area contributed by atoms with Crippen molar-refractivity contribution in [1.82, 2.24) is 24.8 Å². The van der Waals surface area contributed by atoms with Gasteiger partial charge >= 0.3 is 0 Å². The SMILES string of the molecule is CNc1cc([C@H]2CCCN(Cc3cccc4ncccc34)C2)nc(-c2ccncc2)n1. The number of likely N-dealkylation sites (tertiary alicyclic amines) is 1. The average Bonchev–Trinajstić information content (AvgIpc) is 2.85. The summed E-state index contributed by atoms with van der Waals surface area (Å²) in [6.07, 6.45) is 7.73. The molecule has 0 unspecified atom stereocenters. The molecule has 4 heterocycles. The van der Waals surface area contributed by atoms with Crippen LogP contribution in [0.15, 0.2) is 67.1 Å². The van der Waals surface area contributed by atoms with Crippen LogP contribution in [0.1, 0.15) is 30.0 Å². The van der Waals surface area contributed by atoms with Gasteiger partial charge in [-0.3, -0.25) is 14.9 Å². The Morgan fingerprint density at radius 1 is 1.03 bits per heavy atom. The van der Waals surface area contributed by atoms with Crippen molar-refractivity contribution in [3.05, 3.63) is 78.4 Å². The van der Waals surface area contributed by atoms with Gasteiger partial charge in [0.2, 0.25) is 0 Å². The minimum Gasteiger partial charge on any atom is -0.373 e. The molecule has 0 spiro atoms. The molecule has 1 fully saturated rings. The molecule has 1 saturated heterocycles. The van der Waals surface area contributed by atoms with Crippen LogP contribution in [0.3, 0.4) is 0 Å². The third kappa shape index (κ3) is 4.25. The van der Waals surface area contributed by atoms with Crippen molar-refractivity contribution in [1.29, 1.82) is 0 Å². The molecule has 0 amide bonds. The Bertz CT molecular complexity index is 1170. The zero-order chi connectivity index (χ0) is 21.0. The van der Waals surface area contributed by atoms with E-state index in [1.165, 1.54) is 10.9 Å². The predicted octanol–water partition coefficient (Wildman–Crippen LogP) is 4.51. The van der Waals surface area contributed by atoms with Crippen LogP contribution in [0.2, 0.25) is 0 Å². The van der Waals surface area contributed by atoms with Gasteiger partial charge in [0.25, 0.3) is 0 Å². The Balaban J connectivity index is 1.40. The summed E-state index contributed by atoms with van der Waals surface area (Å²) >= 11 is 0. The third-order valence-corrected chi connectivity index (χ3v) is 5.99. The molecule has 4 aromatic rings. The summed E-state index contributed by atoms with van der Waals surface area (Å²) in [6, 6.07) is 16.6. The van der Waals surface area contributed by atoms with Crippen LogP contribution in [0.5, 0.6) is 0 Å². The van der Waals surface area contributed by atoms with Crippen molar-refractivity contribution in [3.8, 4) is 11.4 Å². The zero-order valence-electron chi connectivity index (χ0n) is 17.7. The van der Waals surface area contributed by atoms with Crippen molar-refractivity contribution in [2.75, 3.05) is 25.5 Å². The lowest BCUT2D eigenvalue weighted by Crippen LogP contribution is -2.34. The van der Waals surface area contributed by atoms with Crippen LogP contribution < -0.4 is 5.32 Å². The molecule has 0 aliphatic carbocycles. The van der Waals surface area contributed by atoms with Gasteiger partial charge in [0.1, 0.15) is 5.82 Å². The Kier molecular flexibility index (Phi) is 5.54. The fraction of sp³-hybridized carbons (Fsp3) is 0.280. The molecule has 5 rings (SSSR count). The van der Waals surface area contributed by atoms with E-state index >= 15 is 0 Å². The maximum atomic E-state index is 4.95. The summed E-state index contributed by atoms with van der Waals surface area (Å²) in [5.74, 6) is 1.99. The van der Waals surface area contributed by atoms with E-state index < -0.39 is 0 Å². The minimum atomic E-state index is 0.387. The number of pyridine rings is 2. The number of fused-ring (bicyclic) bond motifs is 1. The molecule has 156 valence electrons. The number of benzene rings is 1. The van der Waals surface area contributed by atoms with E-state index in [0.717, 1.165) is 60.9 Å². The number of nitrogens with one attached hydrogen (secondary N) is 1. The molecule has 0 radical (unpaired) electrons. The molecule has 3 aromatic heterocycles. The van der Waals surface area contributed by atoms with Crippen LogP contribution in [-0.2, 0) is 6.54 Å². The molecular weight excluding hydrogens is 384 g/mol. The second kappa shape index (κ2) is 8.78. The molecule has 6 nitrogen and oxygen atoms in total. The lowest BCUT2D eigenvalue weighted by Gasteiger charge is -2.33. The van der Waals surface area contributed by atoms with E-state index in [9.17, 15) is 0 Å². The van der Waals surface area contributed by atoms with E-state index in [0.29, 0.717) is 5.92 Å². The number of anilines is 1. The molecule has 1 N–H and O–H groups in total. The van der Waals surface area contributed by atoms with E-state index in [1.807, 2.05) is 31.4 Å². The van der Waals surface area contributed by atoms with Gasteiger partial charge in [-0.1, -0.05) is 18.2 Å². The van der Waals surface area contributed by atoms with Crippen LogP contribution in [0.25, 0.3) is 22.3 Å². The molecule has 1 aromatic carbocycles. The second-order valence-corrected chi connectivity index (χ2v) is 8.05. The molecule has 0 saturated carbocycles. The topological polar surface area (TPSA) is 66.8 Å². The number of nitrogens with zero attached hydrogens (tertiary/aromatic N) is 5. The van der Waals surface area contributed by atoms with Crippen molar-refractivity contribution >= 4 is 16.7 Å². The first-order valence-electron chi connectivity index (χ1n) is 10.8. The summed E-state index contributed by atoms with van der Waals surface area (Å²) in [5.41, 5.74) is 4.49. The summed E-state index contributed by atoms with van der Waals surface area (Å²) in [6.45, 7) is 3.03. The van der Waals surface area contributed by atoms with Crippen molar-refractivity contribution in [2.45, 2.75) is 25.3 Å². The quantitative estimate of drug-likeness (QED) is 0.522. The van der Waals surface area contributed by atoms with Crippen LogP contribution in [-0.4, -0.2) is 45.0 Å². The second-order valence-electron chi connectivity index (χ2n) is 8.05. The van der Waals surface area contributed by atoms with E-state index in [-0.39, 0.29) is 0 Å². The Hall–Kier alpha value is -3.38. The normalized spacial score (nSPS) is 17.0. The zero-order valence-corrected chi connectivity index (χ0v) is 17.7. The third-order valence-electron chi connectivity index (χ3n) is 5.99. The molecule has 0 bridgehead atoms. The standard InChI is InChI=1S/C25H26N6/c1-26-24-15-23(29-25(30-24)18-9-12-27-13-10-18)20-6-4-14-31(17-20)16-19-5-2-8-22-21(19)7-3-11-28-22/h2-3,5,7-13,15,20H,4,6,14,16-17H2,1H3,(H,26,29,30)/t20-/m0/s1. The lowest BCUT2D eigenvalue weighted by atomic mass is 9.93. The Morgan fingerprint density at radius 2 is 1.94 bits per heavy atom. The highest BCUT2D eigenvalue weighted by Gasteiger charge is 2.24. The first kappa shape index (κ1) is 19.6. The Morgan fingerprint density at radius 3 is 2.81 bits per heavy atom. The summed E-state index contributed by atoms with van der Waals surface area (Å²) in [7, 11) is 1.91. The van der Waals surface area contributed by atoms with Crippen molar-refractivity contribution < 1.29 is 0 Å². The summed E-state index contributed by atoms with van der Waals surface area (Å²) < 4.78 is 0. The summed E-state index contributed by atoms with van der Waals surface area (Å²) in [4.78, 5) is 20.8.